The number of nitrogens with one attached hydrogen (secondary N) is 2. The summed E-state index contributed by atoms with van der Waals surface area (Å²) in [6, 6.07) is 30.3. The Hall–Kier alpha value is -5.33. The molecule has 0 unspecified atom stereocenters. The number of carbonyl (C=O) groups is 4. The van der Waals surface area contributed by atoms with Gasteiger partial charge in [0.1, 0.15) is 19.3 Å². The molecule has 0 fully saturated rings. The zero-order chi connectivity index (χ0) is 38.6. The first-order valence-electron chi connectivity index (χ1n) is 18.3. The van der Waals surface area contributed by atoms with Gasteiger partial charge in [-0.2, -0.15) is 12.6 Å². The lowest BCUT2D eigenvalue weighted by molar-refractivity contribution is -0.143. The molecule has 284 valence electrons. The molecule has 0 aliphatic carbocycles. The molecule has 0 radical (unpaired) electrons. The van der Waals surface area contributed by atoms with Crippen molar-refractivity contribution in [1.82, 2.24) is 20.7 Å². The fourth-order valence-electron chi connectivity index (χ4n) is 6.25. The molecule has 0 aromatic heterocycles. The molecule has 1 heterocycles. The van der Waals surface area contributed by atoms with Gasteiger partial charge >= 0.3 is 6.09 Å². The van der Waals surface area contributed by atoms with Gasteiger partial charge in [-0.05, 0) is 48.3 Å². The number of fused-ring (bicyclic) bond motifs is 1. The van der Waals surface area contributed by atoms with Gasteiger partial charge < -0.3 is 20.7 Å². The van der Waals surface area contributed by atoms with Crippen molar-refractivity contribution in [2.75, 3.05) is 11.6 Å². The number of nitrogens with zero attached hydrogens (tertiary/aromatic N) is 3. The molecule has 4 amide bonds. The van der Waals surface area contributed by atoms with Crippen LogP contribution in [0.4, 0.5) is 10.5 Å². The van der Waals surface area contributed by atoms with E-state index in [1.807, 2.05) is 108 Å². The van der Waals surface area contributed by atoms with Crippen LogP contribution in [0.5, 0.6) is 0 Å². The van der Waals surface area contributed by atoms with Gasteiger partial charge in [-0.15, -0.1) is 0 Å². The number of rotatable bonds is 15. The normalized spacial score (nSPS) is 14.3. The third kappa shape index (κ3) is 11.1. The highest BCUT2D eigenvalue weighted by Crippen LogP contribution is 2.34. The van der Waals surface area contributed by atoms with Crippen LogP contribution in [0, 0.1) is 5.92 Å². The predicted molar refractivity (Wildman–Crippen MR) is 215 cm³/mol. The summed E-state index contributed by atoms with van der Waals surface area (Å²) >= 11 is 4.65. The van der Waals surface area contributed by atoms with Gasteiger partial charge in [0, 0.05) is 35.4 Å². The number of hydrogen-bond acceptors (Lipinski definition) is 8. The summed E-state index contributed by atoms with van der Waals surface area (Å²) < 4.78 is 5.58. The van der Waals surface area contributed by atoms with Crippen LogP contribution in [-0.4, -0.2) is 57.7 Å². The summed E-state index contributed by atoms with van der Waals surface area (Å²) in [5, 5.41) is 5.77. The maximum atomic E-state index is 14.7. The number of thiol groups is 1. The van der Waals surface area contributed by atoms with Crippen LogP contribution in [0.1, 0.15) is 57.6 Å². The number of anilines is 1. The second-order valence-electron chi connectivity index (χ2n) is 14.0. The first-order chi connectivity index (χ1) is 26.0. The maximum absolute atomic E-state index is 14.7. The van der Waals surface area contributed by atoms with Gasteiger partial charge in [0.05, 0.1) is 18.3 Å². The van der Waals surface area contributed by atoms with Crippen LogP contribution in [-0.2, 0) is 32.3 Å². The molecular formula is C42H50N6O5S. The Labute approximate surface area is 322 Å². The second kappa shape index (κ2) is 19.1. The van der Waals surface area contributed by atoms with Crippen LogP contribution in [0.3, 0.4) is 0 Å². The van der Waals surface area contributed by atoms with Crippen LogP contribution in [0.2, 0.25) is 0 Å². The SMILES string of the molecule is CC(C)CC[C@H](S)CC(=O)NN(Cc1ccccc1)C(=O)[C@@H](CC1=CN(C(=O)[C@H](C)N)CN1c1cccc2ccccc12)NC(=O)OCc1ccccc1. The predicted octanol–water partition coefficient (Wildman–Crippen LogP) is 6.50. The van der Waals surface area contributed by atoms with Crippen molar-refractivity contribution in [1.29, 1.82) is 0 Å². The van der Waals surface area contributed by atoms with Crippen molar-refractivity contribution in [2.45, 2.75) is 76.9 Å². The lowest BCUT2D eigenvalue weighted by Gasteiger charge is -2.31. The van der Waals surface area contributed by atoms with Crippen molar-refractivity contribution in [3.63, 3.8) is 0 Å². The number of benzene rings is 4. The first-order valence-corrected chi connectivity index (χ1v) is 18.8. The van der Waals surface area contributed by atoms with Gasteiger partial charge in [0.15, 0.2) is 0 Å². The van der Waals surface area contributed by atoms with Crippen LogP contribution in [0.15, 0.2) is 115 Å². The lowest BCUT2D eigenvalue weighted by Crippen LogP contribution is -2.55. The van der Waals surface area contributed by atoms with E-state index in [-0.39, 0.29) is 49.7 Å². The standard InChI is InChI=1S/C42H50N6O5S/c1-29(2)21-22-35(54)24-39(49)45-48(25-31-13-6-4-7-14-31)41(51)37(44-42(52)53-27-32-15-8-5-9-16-32)23-34-26-46(40(50)30(3)43)28-47(34)38-20-12-18-33-17-10-11-19-36(33)38/h4-20,26,29-30,35,37,54H,21-25,27-28,43H2,1-3H3,(H,44,52)(H,45,49)/t30-,35-,37+/m0/s1. The average molecular weight is 751 g/mol. The van der Waals surface area contributed by atoms with Crippen LogP contribution >= 0.6 is 12.6 Å². The van der Waals surface area contributed by atoms with Crippen molar-refractivity contribution in [3.8, 4) is 0 Å². The highest BCUT2D eigenvalue weighted by molar-refractivity contribution is 7.81. The fourth-order valence-corrected chi connectivity index (χ4v) is 6.56. The molecule has 3 atom stereocenters. The number of amides is 4. The molecule has 4 N–H and O–H groups in total. The molecule has 12 heteroatoms. The molecule has 1 aliphatic heterocycles. The third-order valence-electron chi connectivity index (χ3n) is 9.10. The summed E-state index contributed by atoms with van der Waals surface area (Å²) in [5.74, 6) is -0.785. The Kier molecular flexibility index (Phi) is 14.1. The summed E-state index contributed by atoms with van der Waals surface area (Å²) in [6.07, 6.45) is 2.57. The fraction of sp³-hybridized carbons (Fsp3) is 0.333. The molecule has 5 rings (SSSR count). The molecular weight excluding hydrogens is 701 g/mol. The molecule has 4 aromatic rings. The number of alkyl carbamates (subject to hydrolysis) is 1. The van der Waals surface area contributed by atoms with Crippen LogP contribution in [0.25, 0.3) is 10.8 Å². The van der Waals surface area contributed by atoms with Crippen molar-refractivity contribution >= 4 is 52.9 Å². The van der Waals surface area contributed by atoms with Gasteiger partial charge in [0.25, 0.3) is 5.91 Å². The van der Waals surface area contributed by atoms with Crippen LogP contribution < -0.4 is 21.4 Å². The minimum atomic E-state index is -1.22. The highest BCUT2D eigenvalue weighted by atomic mass is 32.1. The van der Waals surface area contributed by atoms with Crippen molar-refractivity contribution in [3.05, 3.63) is 126 Å². The zero-order valence-electron chi connectivity index (χ0n) is 31.1. The summed E-state index contributed by atoms with van der Waals surface area (Å²) in [5.41, 5.74) is 11.8. The lowest BCUT2D eigenvalue weighted by atomic mass is 10.0. The number of ether oxygens (including phenoxy) is 1. The van der Waals surface area contributed by atoms with Gasteiger partial charge in [-0.1, -0.05) is 111 Å². The van der Waals surface area contributed by atoms with Gasteiger partial charge in [0.2, 0.25) is 11.8 Å². The van der Waals surface area contributed by atoms with E-state index in [2.05, 4.69) is 37.2 Å². The number of nitrogens with two attached hydrogens (primary N) is 1. The smallest absolute Gasteiger partial charge is 0.408 e. The summed E-state index contributed by atoms with van der Waals surface area (Å²) in [4.78, 5) is 58.4. The molecule has 1 aliphatic rings. The molecule has 11 nitrogen and oxygen atoms in total. The van der Waals surface area contributed by atoms with E-state index in [1.54, 1.807) is 13.1 Å². The van der Waals surface area contributed by atoms with Crippen molar-refractivity contribution < 1.29 is 23.9 Å². The molecule has 0 saturated heterocycles. The Balaban J connectivity index is 1.48. The molecule has 0 bridgehead atoms. The highest BCUT2D eigenvalue weighted by Gasteiger charge is 2.35. The Morgan fingerprint density at radius 2 is 1.50 bits per heavy atom. The van der Waals surface area contributed by atoms with E-state index < -0.39 is 24.1 Å². The maximum Gasteiger partial charge on any atom is 0.408 e. The minimum absolute atomic E-state index is 0.0146. The Bertz CT molecular complexity index is 1920. The number of hydrogen-bond donors (Lipinski definition) is 4. The quantitative estimate of drug-likeness (QED) is 0.0804. The molecule has 4 aromatic carbocycles. The summed E-state index contributed by atoms with van der Waals surface area (Å²) in [6.45, 7) is 6.02. The van der Waals surface area contributed by atoms with E-state index in [0.717, 1.165) is 40.4 Å². The Morgan fingerprint density at radius 3 is 2.19 bits per heavy atom. The van der Waals surface area contributed by atoms with Crippen molar-refractivity contribution in [2.24, 2.45) is 11.7 Å². The minimum Gasteiger partial charge on any atom is -0.445 e. The zero-order valence-corrected chi connectivity index (χ0v) is 32.0. The van der Waals surface area contributed by atoms with E-state index >= 15 is 0 Å². The summed E-state index contributed by atoms with van der Waals surface area (Å²) in [7, 11) is 0. The van der Waals surface area contributed by atoms with E-state index in [0.29, 0.717) is 11.6 Å². The monoisotopic (exact) mass is 750 g/mol. The third-order valence-corrected chi connectivity index (χ3v) is 9.54. The number of hydrazine groups is 1. The largest absolute Gasteiger partial charge is 0.445 e. The van der Waals surface area contributed by atoms with E-state index in [1.165, 1.54) is 9.91 Å². The Morgan fingerprint density at radius 1 is 0.852 bits per heavy atom. The molecule has 0 saturated carbocycles. The van der Waals surface area contributed by atoms with Gasteiger partial charge in [-0.3, -0.25) is 24.7 Å². The average Bonchev–Trinajstić information content (AvgIpc) is 3.59. The number of carbonyl (C=O) groups excluding carboxylic acids is 4. The first kappa shape index (κ1) is 39.9. The van der Waals surface area contributed by atoms with E-state index in [9.17, 15) is 19.2 Å². The second-order valence-corrected chi connectivity index (χ2v) is 14.8. The molecule has 0 spiro atoms. The molecule has 54 heavy (non-hydrogen) atoms. The van der Waals surface area contributed by atoms with E-state index in [4.69, 9.17) is 10.5 Å². The topological polar surface area (TPSA) is 137 Å². The van der Waals surface area contributed by atoms with Gasteiger partial charge in [-0.25, -0.2) is 9.80 Å².